The molecule has 0 fully saturated rings. The van der Waals surface area contributed by atoms with Crippen LogP contribution in [0.25, 0.3) is 11.4 Å². The molecule has 0 amide bonds. The zero-order valence-corrected chi connectivity index (χ0v) is 14.5. The number of hydrogen-bond donors (Lipinski definition) is 1. The van der Waals surface area contributed by atoms with Gasteiger partial charge in [0.1, 0.15) is 5.82 Å². The van der Waals surface area contributed by atoms with E-state index in [1.807, 2.05) is 23.8 Å². The zero-order chi connectivity index (χ0) is 18.4. The summed E-state index contributed by atoms with van der Waals surface area (Å²) < 4.78 is 2.03. The Kier molecular flexibility index (Phi) is 5.52. The third-order valence-electron chi connectivity index (χ3n) is 3.94. The van der Waals surface area contributed by atoms with Gasteiger partial charge in [-0.1, -0.05) is 6.92 Å². The molecule has 8 heteroatoms. The SMILES string of the molecule is CCc1cc(NCCCn2ccnc2)nc(-c2ccc([N+](=O)[O-])cc2)n1. The van der Waals surface area contributed by atoms with Gasteiger partial charge in [-0.25, -0.2) is 15.0 Å². The lowest BCUT2D eigenvalue weighted by atomic mass is 10.2. The maximum Gasteiger partial charge on any atom is 0.269 e. The van der Waals surface area contributed by atoms with E-state index in [9.17, 15) is 10.1 Å². The van der Waals surface area contributed by atoms with Gasteiger partial charge in [0.2, 0.25) is 0 Å². The number of nitrogens with zero attached hydrogens (tertiary/aromatic N) is 5. The predicted molar refractivity (Wildman–Crippen MR) is 98.8 cm³/mol. The summed E-state index contributed by atoms with van der Waals surface area (Å²) in [5.74, 6) is 1.33. The Bertz CT molecular complexity index is 862. The molecule has 1 N–H and O–H groups in total. The van der Waals surface area contributed by atoms with Gasteiger partial charge in [-0.15, -0.1) is 0 Å². The molecule has 0 unspecified atom stereocenters. The molecule has 0 saturated carbocycles. The van der Waals surface area contributed by atoms with Crippen molar-refractivity contribution in [3.05, 3.63) is 64.9 Å². The first kappa shape index (κ1) is 17.5. The molecule has 0 atom stereocenters. The van der Waals surface area contributed by atoms with Crippen molar-refractivity contribution in [1.29, 1.82) is 0 Å². The minimum atomic E-state index is -0.416. The summed E-state index contributed by atoms with van der Waals surface area (Å²) in [6.45, 7) is 3.69. The average Bonchev–Trinajstić information content (AvgIpc) is 3.18. The summed E-state index contributed by atoms with van der Waals surface area (Å²) in [4.78, 5) is 23.5. The second-order valence-corrected chi connectivity index (χ2v) is 5.81. The highest BCUT2D eigenvalue weighted by molar-refractivity contribution is 5.59. The van der Waals surface area contributed by atoms with Gasteiger partial charge in [0.25, 0.3) is 5.69 Å². The van der Waals surface area contributed by atoms with Crippen LogP contribution in [-0.2, 0) is 13.0 Å². The smallest absolute Gasteiger partial charge is 0.269 e. The van der Waals surface area contributed by atoms with Crippen LogP contribution in [0.2, 0.25) is 0 Å². The van der Waals surface area contributed by atoms with Crippen molar-refractivity contribution in [2.45, 2.75) is 26.3 Å². The number of nitro groups is 1. The Labute approximate surface area is 151 Å². The second kappa shape index (κ2) is 8.19. The standard InChI is InChI=1S/C18H20N6O2/c1-2-15-12-17(20-8-3-10-23-11-9-19-13-23)22-18(21-15)14-4-6-16(7-5-14)24(25)26/h4-7,9,11-13H,2-3,8,10H2,1H3,(H,20,21,22). The second-order valence-electron chi connectivity index (χ2n) is 5.81. The summed E-state index contributed by atoms with van der Waals surface area (Å²) in [7, 11) is 0. The van der Waals surface area contributed by atoms with E-state index in [2.05, 4.69) is 20.3 Å². The number of non-ortho nitro benzene ring substituents is 1. The highest BCUT2D eigenvalue weighted by Crippen LogP contribution is 2.21. The van der Waals surface area contributed by atoms with Gasteiger partial charge in [-0.3, -0.25) is 10.1 Å². The van der Waals surface area contributed by atoms with Gasteiger partial charge in [-0.2, -0.15) is 0 Å². The fraction of sp³-hybridized carbons (Fsp3) is 0.278. The summed E-state index contributed by atoms with van der Waals surface area (Å²) >= 11 is 0. The number of nitrogens with one attached hydrogen (secondary N) is 1. The Morgan fingerprint density at radius 1 is 1.23 bits per heavy atom. The molecule has 0 aliphatic heterocycles. The van der Waals surface area contributed by atoms with Gasteiger partial charge in [0, 0.05) is 54.9 Å². The summed E-state index contributed by atoms with van der Waals surface area (Å²) in [6, 6.07) is 8.22. The lowest BCUT2D eigenvalue weighted by molar-refractivity contribution is -0.384. The number of anilines is 1. The van der Waals surface area contributed by atoms with Crippen molar-refractivity contribution in [3.8, 4) is 11.4 Å². The van der Waals surface area contributed by atoms with E-state index < -0.39 is 4.92 Å². The molecule has 134 valence electrons. The van der Waals surface area contributed by atoms with Crippen LogP contribution in [-0.4, -0.2) is 31.0 Å². The maximum absolute atomic E-state index is 10.8. The molecule has 3 rings (SSSR count). The van der Waals surface area contributed by atoms with E-state index in [0.717, 1.165) is 43.0 Å². The van der Waals surface area contributed by atoms with Crippen molar-refractivity contribution in [2.75, 3.05) is 11.9 Å². The normalized spacial score (nSPS) is 10.7. The molecule has 1 aromatic carbocycles. The molecule has 2 aromatic heterocycles. The Balaban J connectivity index is 1.70. The monoisotopic (exact) mass is 352 g/mol. The molecule has 0 saturated heterocycles. The number of aryl methyl sites for hydroxylation is 2. The predicted octanol–water partition coefficient (Wildman–Crippen LogP) is 3.31. The van der Waals surface area contributed by atoms with Gasteiger partial charge in [-0.05, 0) is 25.0 Å². The Morgan fingerprint density at radius 2 is 2.04 bits per heavy atom. The van der Waals surface area contributed by atoms with Crippen molar-refractivity contribution < 1.29 is 4.92 Å². The number of aromatic nitrogens is 4. The molecule has 8 nitrogen and oxygen atoms in total. The number of rotatable bonds is 8. The largest absolute Gasteiger partial charge is 0.370 e. The molecule has 0 radical (unpaired) electrons. The van der Waals surface area contributed by atoms with Crippen molar-refractivity contribution in [2.24, 2.45) is 0 Å². The highest BCUT2D eigenvalue weighted by Gasteiger charge is 2.09. The van der Waals surface area contributed by atoms with Crippen molar-refractivity contribution in [3.63, 3.8) is 0 Å². The lowest BCUT2D eigenvalue weighted by Gasteiger charge is -2.10. The van der Waals surface area contributed by atoms with Crippen LogP contribution < -0.4 is 5.32 Å². The molecule has 26 heavy (non-hydrogen) atoms. The van der Waals surface area contributed by atoms with E-state index in [-0.39, 0.29) is 5.69 Å². The van der Waals surface area contributed by atoms with Crippen LogP contribution in [0.1, 0.15) is 19.0 Å². The minimum Gasteiger partial charge on any atom is -0.370 e. The van der Waals surface area contributed by atoms with E-state index in [0.29, 0.717) is 5.82 Å². The summed E-state index contributed by atoms with van der Waals surface area (Å²) in [6.07, 6.45) is 7.22. The molecule has 0 spiro atoms. The van der Waals surface area contributed by atoms with Crippen LogP contribution in [0.15, 0.2) is 49.1 Å². The Morgan fingerprint density at radius 3 is 2.69 bits per heavy atom. The van der Waals surface area contributed by atoms with Crippen LogP contribution in [0.3, 0.4) is 0 Å². The molecule has 0 aliphatic rings. The fourth-order valence-electron chi connectivity index (χ4n) is 2.53. The van der Waals surface area contributed by atoms with Gasteiger partial charge < -0.3 is 9.88 Å². The van der Waals surface area contributed by atoms with Crippen LogP contribution >= 0.6 is 0 Å². The van der Waals surface area contributed by atoms with Crippen molar-refractivity contribution >= 4 is 11.5 Å². The first-order chi connectivity index (χ1) is 12.7. The number of benzene rings is 1. The number of hydrogen-bond acceptors (Lipinski definition) is 6. The van der Waals surface area contributed by atoms with Crippen LogP contribution in [0.5, 0.6) is 0 Å². The third-order valence-corrected chi connectivity index (χ3v) is 3.94. The minimum absolute atomic E-state index is 0.0539. The lowest BCUT2D eigenvalue weighted by Crippen LogP contribution is -2.08. The number of imidazole rings is 1. The Hall–Kier alpha value is -3.29. The quantitative estimate of drug-likeness (QED) is 0.379. The molecule has 0 bridgehead atoms. The van der Waals surface area contributed by atoms with Gasteiger partial charge >= 0.3 is 0 Å². The third kappa shape index (κ3) is 4.41. The highest BCUT2D eigenvalue weighted by atomic mass is 16.6. The zero-order valence-electron chi connectivity index (χ0n) is 14.5. The molecule has 2 heterocycles. The van der Waals surface area contributed by atoms with Gasteiger partial charge in [0.05, 0.1) is 11.3 Å². The first-order valence-electron chi connectivity index (χ1n) is 8.48. The molecule has 3 aromatic rings. The van der Waals surface area contributed by atoms with E-state index >= 15 is 0 Å². The van der Waals surface area contributed by atoms with Crippen molar-refractivity contribution in [1.82, 2.24) is 19.5 Å². The first-order valence-corrected chi connectivity index (χ1v) is 8.48. The summed E-state index contributed by atoms with van der Waals surface area (Å²) in [5.41, 5.74) is 1.73. The van der Waals surface area contributed by atoms with E-state index in [4.69, 9.17) is 0 Å². The van der Waals surface area contributed by atoms with E-state index in [1.165, 1.54) is 12.1 Å². The fourth-order valence-corrected chi connectivity index (χ4v) is 2.53. The molecule has 0 aliphatic carbocycles. The van der Waals surface area contributed by atoms with Gasteiger partial charge in [0.15, 0.2) is 5.82 Å². The summed E-state index contributed by atoms with van der Waals surface area (Å²) in [5, 5.41) is 14.1. The maximum atomic E-state index is 10.8. The average molecular weight is 352 g/mol. The van der Waals surface area contributed by atoms with Crippen LogP contribution in [0, 0.1) is 10.1 Å². The molecular formula is C18H20N6O2. The molecular weight excluding hydrogens is 332 g/mol. The van der Waals surface area contributed by atoms with Crippen LogP contribution in [0.4, 0.5) is 11.5 Å². The van der Waals surface area contributed by atoms with E-state index in [1.54, 1.807) is 24.7 Å². The number of nitro benzene ring substituents is 1. The topological polar surface area (TPSA) is 98.8 Å².